The number of benzene rings is 2. The van der Waals surface area contributed by atoms with Crippen molar-refractivity contribution < 1.29 is 31.9 Å². The van der Waals surface area contributed by atoms with Gasteiger partial charge in [-0.1, -0.05) is 23.2 Å². The third-order valence-corrected chi connectivity index (χ3v) is 5.65. The smallest absolute Gasteiger partial charge is 0.416 e. The number of anilines is 1. The van der Waals surface area contributed by atoms with Crippen LogP contribution in [-0.2, 0) is 15.7 Å². The van der Waals surface area contributed by atoms with Crippen molar-refractivity contribution in [2.75, 3.05) is 11.9 Å². The second-order valence-electron chi connectivity index (χ2n) is 5.70. The SMILES string of the molecule is O=C(COC(=O)c1sc2cc(F)ccc2c1Cl)Nc1cc(C(F)(F)F)ccc1Cl. The fourth-order valence-electron chi connectivity index (χ4n) is 2.35. The van der Waals surface area contributed by atoms with E-state index in [1.54, 1.807) is 0 Å². The molecule has 0 aliphatic heterocycles. The van der Waals surface area contributed by atoms with E-state index in [1.165, 1.54) is 18.2 Å². The quantitative estimate of drug-likeness (QED) is 0.370. The van der Waals surface area contributed by atoms with Gasteiger partial charge in [0.25, 0.3) is 5.91 Å². The molecule has 3 rings (SSSR count). The zero-order valence-corrected chi connectivity index (χ0v) is 16.4. The van der Waals surface area contributed by atoms with Crippen molar-refractivity contribution in [3.05, 3.63) is 62.7 Å². The minimum atomic E-state index is -4.62. The van der Waals surface area contributed by atoms with Gasteiger partial charge in [-0.25, -0.2) is 9.18 Å². The molecule has 1 aromatic heterocycles. The number of ether oxygens (including phenoxy) is 1. The van der Waals surface area contributed by atoms with Crippen molar-refractivity contribution in [3.8, 4) is 0 Å². The summed E-state index contributed by atoms with van der Waals surface area (Å²) < 4.78 is 56.9. The van der Waals surface area contributed by atoms with Gasteiger partial charge in [0.05, 0.1) is 21.3 Å². The third kappa shape index (κ3) is 4.80. The molecule has 0 aliphatic carbocycles. The summed E-state index contributed by atoms with van der Waals surface area (Å²) in [6.07, 6.45) is -4.62. The number of thiophene rings is 1. The lowest BCUT2D eigenvalue weighted by Crippen LogP contribution is -2.21. The van der Waals surface area contributed by atoms with E-state index in [9.17, 15) is 27.2 Å². The van der Waals surface area contributed by atoms with Gasteiger partial charge in [-0.3, -0.25) is 4.79 Å². The van der Waals surface area contributed by atoms with Crippen LogP contribution in [0.1, 0.15) is 15.2 Å². The van der Waals surface area contributed by atoms with E-state index < -0.39 is 36.0 Å². The van der Waals surface area contributed by atoms with Gasteiger partial charge in [-0.15, -0.1) is 11.3 Å². The number of nitrogens with one attached hydrogen (secondary N) is 1. The summed E-state index contributed by atoms with van der Waals surface area (Å²) in [4.78, 5) is 24.1. The van der Waals surface area contributed by atoms with E-state index >= 15 is 0 Å². The van der Waals surface area contributed by atoms with Gasteiger partial charge < -0.3 is 10.1 Å². The van der Waals surface area contributed by atoms with Crippen molar-refractivity contribution in [1.82, 2.24) is 0 Å². The average molecular weight is 466 g/mol. The molecule has 29 heavy (non-hydrogen) atoms. The maximum absolute atomic E-state index is 13.3. The van der Waals surface area contributed by atoms with Crippen LogP contribution in [0.4, 0.5) is 23.2 Å². The Kier molecular flexibility index (Phi) is 6.02. The van der Waals surface area contributed by atoms with Gasteiger partial charge in [0.15, 0.2) is 6.61 Å². The molecule has 0 saturated heterocycles. The Balaban J connectivity index is 1.68. The van der Waals surface area contributed by atoms with Crippen molar-refractivity contribution in [3.63, 3.8) is 0 Å². The molecular weight excluding hydrogens is 457 g/mol. The number of rotatable bonds is 4. The van der Waals surface area contributed by atoms with Crippen LogP contribution in [0.15, 0.2) is 36.4 Å². The molecule has 0 bridgehead atoms. The minimum absolute atomic E-state index is 0.0304. The van der Waals surface area contributed by atoms with Gasteiger partial charge in [-0.2, -0.15) is 13.2 Å². The van der Waals surface area contributed by atoms with Crippen LogP contribution in [0.25, 0.3) is 10.1 Å². The second kappa shape index (κ2) is 8.17. The van der Waals surface area contributed by atoms with Crippen LogP contribution in [0, 0.1) is 5.82 Å². The topological polar surface area (TPSA) is 55.4 Å². The van der Waals surface area contributed by atoms with Gasteiger partial charge in [0.2, 0.25) is 0 Å². The van der Waals surface area contributed by atoms with E-state index in [4.69, 9.17) is 27.9 Å². The summed E-state index contributed by atoms with van der Waals surface area (Å²) in [6.45, 7) is -0.787. The molecule has 0 atom stereocenters. The largest absolute Gasteiger partial charge is 0.451 e. The van der Waals surface area contributed by atoms with Crippen LogP contribution in [-0.4, -0.2) is 18.5 Å². The van der Waals surface area contributed by atoms with Crippen LogP contribution in [0.3, 0.4) is 0 Å². The lowest BCUT2D eigenvalue weighted by atomic mass is 10.2. The van der Waals surface area contributed by atoms with Crippen molar-refractivity contribution in [2.24, 2.45) is 0 Å². The zero-order valence-electron chi connectivity index (χ0n) is 14.1. The van der Waals surface area contributed by atoms with E-state index in [-0.39, 0.29) is 20.6 Å². The number of carbonyl (C=O) groups is 2. The van der Waals surface area contributed by atoms with E-state index in [1.807, 2.05) is 0 Å². The van der Waals surface area contributed by atoms with Crippen LogP contribution in [0.2, 0.25) is 10.0 Å². The third-order valence-electron chi connectivity index (χ3n) is 3.68. The van der Waals surface area contributed by atoms with E-state index in [2.05, 4.69) is 5.32 Å². The molecule has 3 aromatic rings. The average Bonchev–Trinajstić information content (AvgIpc) is 2.96. The summed E-state index contributed by atoms with van der Waals surface area (Å²) in [7, 11) is 0. The first-order valence-corrected chi connectivity index (χ1v) is 9.35. The molecule has 0 spiro atoms. The van der Waals surface area contributed by atoms with Crippen molar-refractivity contribution in [1.29, 1.82) is 0 Å². The molecule has 0 unspecified atom stereocenters. The number of hydrogen-bond acceptors (Lipinski definition) is 4. The Bertz CT molecular complexity index is 1110. The molecule has 0 aliphatic rings. The number of esters is 1. The number of fused-ring (bicyclic) bond motifs is 1. The molecule has 152 valence electrons. The molecule has 1 amide bonds. The molecule has 1 heterocycles. The molecule has 4 nitrogen and oxygen atoms in total. The summed E-state index contributed by atoms with van der Waals surface area (Å²) in [5, 5.41) is 2.53. The highest BCUT2D eigenvalue weighted by molar-refractivity contribution is 7.21. The molecule has 1 N–H and O–H groups in total. The van der Waals surface area contributed by atoms with Crippen LogP contribution < -0.4 is 5.32 Å². The van der Waals surface area contributed by atoms with Crippen molar-refractivity contribution >= 4 is 62.2 Å². The number of carbonyl (C=O) groups excluding carboxylic acids is 2. The van der Waals surface area contributed by atoms with E-state index in [0.29, 0.717) is 16.2 Å². The molecule has 2 aromatic carbocycles. The fourth-order valence-corrected chi connectivity index (χ4v) is 3.94. The van der Waals surface area contributed by atoms with Gasteiger partial charge in [0, 0.05) is 10.1 Å². The fraction of sp³-hybridized carbons (Fsp3) is 0.111. The van der Waals surface area contributed by atoms with Crippen LogP contribution >= 0.6 is 34.5 Å². The monoisotopic (exact) mass is 465 g/mol. The first-order valence-electron chi connectivity index (χ1n) is 7.77. The summed E-state index contributed by atoms with van der Waals surface area (Å²) >= 11 is 12.8. The predicted octanol–water partition coefficient (Wildman–Crippen LogP) is 6.16. The second-order valence-corrected chi connectivity index (χ2v) is 7.54. The Hall–Kier alpha value is -2.36. The minimum Gasteiger partial charge on any atom is -0.451 e. The predicted molar refractivity (Wildman–Crippen MR) is 102 cm³/mol. The summed E-state index contributed by atoms with van der Waals surface area (Å²) in [6, 6.07) is 6.21. The van der Waals surface area contributed by atoms with Crippen LogP contribution in [0.5, 0.6) is 0 Å². The summed E-state index contributed by atoms with van der Waals surface area (Å²) in [5.74, 6) is -2.34. The Morgan fingerprint density at radius 3 is 2.52 bits per heavy atom. The highest BCUT2D eigenvalue weighted by atomic mass is 35.5. The van der Waals surface area contributed by atoms with E-state index in [0.717, 1.165) is 23.5 Å². The lowest BCUT2D eigenvalue weighted by Gasteiger charge is -2.11. The molecular formula is C18H9Cl2F4NO3S. The highest BCUT2D eigenvalue weighted by Gasteiger charge is 2.31. The molecule has 0 fully saturated rings. The number of alkyl halides is 3. The molecule has 0 saturated carbocycles. The maximum atomic E-state index is 13.3. The van der Waals surface area contributed by atoms with Crippen molar-refractivity contribution in [2.45, 2.75) is 6.18 Å². The first-order chi connectivity index (χ1) is 13.6. The normalized spacial score (nSPS) is 11.5. The highest BCUT2D eigenvalue weighted by Crippen LogP contribution is 2.36. The van der Waals surface area contributed by atoms with Gasteiger partial charge in [0.1, 0.15) is 10.7 Å². The first kappa shape index (κ1) is 21.4. The molecule has 0 radical (unpaired) electrons. The number of amides is 1. The Labute approximate surface area is 175 Å². The lowest BCUT2D eigenvalue weighted by molar-refractivity contribution is -0.137. The molecule has 11 heteroatoms. The zero-order chi connectivity index (χ0) is 21.3. The maximum Gasteiger partial charge on any atom is 0.416 e. The number of hydrogen-bond donors (Lipinski definition) is 1. The van der Waals surface area contributed by atoms with Gasteiger partial charge >= 0.3 is 12.1 Å². The van der Waals surface area contributed by atoms with Gasteiger partial charge in [-0.05, 0) is 36.4 Å². The Morgan fingerprint density at radius 1 is 1.10 bits per heavy atom. The standard InChI is InChI=1S/C18H9Cl2F4NO3S/c19-11-4-1-8(18(22,23)24)5-12(11)25-14(26)7-28-17(27)16-15(20)10-3-2-9(21)6-13(10)29-16/h1-6H,7H2,(H,25,26). The Morgan fingerprint density at radius 2 is 1.83 bits per heavy atom. The summed E-state index contributed by atoms with van der Waals surface area (Å²) in [5.41, 5.74) is -1.28. The number of halogens is 6.